The molecule has 1 unspecified atom stereocenters. The normalized spacial score (nSPS) is 25.4. The minimum atomic E-state index is 0.250. The molecular weight excluding hydrogens is 248 g/mol. The number of hydrogen-bond donors (Lipinski definition) is 1. The maximum absolute atomic E-state index is 6.04. The summed E-state index contributed by atoms with van der Waals surface area (Å²) in [5.74, 6) is 2.50. The van der Waals surface area contributed by atoms with Gasteiger partial charge in [0.15, 0.2) is 0 Å². The van der Waals surface area contributed by atoms with E-state index in [1.54, 1.807) is 0 Å². The summed E-state index contributed by atoms with van der Waals surface area (Å²) in [6.45, 7) is 1.92. The minimum absolute atomic E-state index is 0.250. The van der Waals surface area contributed by atoms with Crippen molar-refractivity contribution < 1.29 is 0 Å². The van der Waals surface area contributed by atoms with Crippen LogP contribution >= 0.6 is 23.1 Å². The fourth-order valence-electron chi connectivity index (χ4n) is 2.43. The lowest BCUT2D eigenvalue weighted by Crippen LogP contribution is -2.56. The van der Waals surface area contributed by atoms with Crippen molar-refractivity contribution in [1.29, 1.82) is 0 Å². The lowest BCUT2D eigenvalue weighted by molar-refractivity contribution is 0.137. The Hall–Kier alpha value is -0.0300. The van der Waals surface area contributed by atoms with Gasteiger partial charge in [0.1, 0.15) is 0 Å². The molecule has 17 heavy (non-hydrogen) atoms. The molecule has 1 aliphatic rings. The molecule has 2 rings (SSSR count). The van der Waals surface area contributed by atoms with Gasteiger partial charge in [-0.25, -0.2) is 0 Å². The van der Waals surface area contributed by atoms with Gasteiger partial charge in [0, 0.05) is 29.3 Å². The molecule has 96 valence electrons. The number of thiophene rings is 1. The topological polar surface area (TPSA) is 29.3 Å². The van der Waals surface area contributed by atoms with Gasteiger partial charge in [0.25, 0.3) is 0 Å². The van der Waals surface area contributed by atoms with Crippen molar-refractivity contribution in [3.8, 4) is 0 Å². The number of nitrogens with zero attached hydrogens (tertiary/aromatic N) is 1. The largest absolute Gasteiger partial charge is 0.329 e. The molecule has 0 radical (unpaired) electrons. The molecule has 1 atom stereocenters. The van der Waals surface area contributed by atoms with E-state index in [-0.39, 0.29) is 5.54 Å². The lowest BCUT2D eigenvalue weighted by atomic mass is 9.93. The van der Waals surface area contributed by atoms with Crippen molar-refractivity contribution in [2.75, 3.05) is 31.6 Å². The molecule has 1 aliphatic heterocycles. The summed E-state index contributed by atoms with van der Waals surface area (Å²) in [7, 11) is 2.24. The van der Waals surface area contributed by atoms with E-state index < -0.39 is 0 Å². The summed E-state index contributed by atoms with van der Waals surface area (Å²) in [6, 6.07) is 4.36. The van der Waals surface area contributed by atoms with Gasteiger partial charge in [-0.2, -0.15) is 11.8 Å². The fraction of sp³-hybridized carbons (Fsp3) is 0.692. The van der Waals surface area contributed by atoms with E-state index in [4.69, 9.17) is 5.73 Å². The Morgan fingerprint density at radius 2 is 2.41 bits per heavy atom. The molecule has 0 bridgehead atoms. The molecule has 0 spiro atoms. The second-order valence-corrected chi connectivity index (χ2v) is 6.97. The third-order valence-corrected chi connectivity index (χ3v) is 6.02. The van der Waals surface area contributed by atoms with Crippen LogP contribution in [0.3, 0.4) is 0 Å². The Labute approximate surface area is 113 Å². The molecule has 1 fully saturated rings. The molecular formula is C13H22N2S2. The van der Waals surface area contributed by atoms with Gasteiger partial charge in [0.2, 0.25) is 0 Å². The van der Waals surface area contributed by atoms with Crippen LogP contribution < -0.4 is 5.73 Å². The monoisotopic (exact) mass is 270 g/mol. The average Bonchev–Trinajstić information content (AvgIpc) is 2.90. The van der Waals surface area contributed by atoms with Crippen molar-refractivity contribution in [3.63, 3.8) is 0 Å². The molecule has 0 aliphatic carbocycles. The lowest BCUT2D eigenvalue weighted by Gasteiger charge is -2.43. The third-order valence-electron chi connectivity index (χ3n) is 3.76. The van der Waals surface area contributed by atoms with Crippen LogP contribution in [0.1, 0.15) is 17.7 Å². The van der Waals surface area contributed by atoms with Gasteiger partial charge in [0.05, 0.1) is 0 Å². The maximum atomic E-state index is 6.04. The number of likely N-dealkylation sites (N-methyl/N-ethyl adjacent to an activating group) is 1. The van der Waals surface area contributed by atoms with Crippen molar-refractivity contribution in [1.82, 2.24) is 4.90 Å². The first-order valence-corrected chi connectivity index (χ1v) is 8.32. The van der Waals surface area contributed by atoms with Crippen LogP contribution in [0.25, 0.3) is 0 Å². The van der Waals surface area contributed by atoms with Gasteiger partial charge in [-0.05, 0) is 43.5 Å². The van der Waals surface area contributed by atoms with E-state index in [2.05, 4.69) is 41.2 Å². The molecule has 1 aromatic heterocycles. The highest BCUT2D eigenvalue weighted by Gasteiger charge is 2.34. The Morgan fingerprint density at radius 3 is 3.00 bits per heavy atom. The summed E-state index contributed by atoms with van der Waals surface area (Å²) in [4.78, 5) is 3.98. The Bertz CT molecular complexity index is 318. The third kappa shape index (κ3) is 3.25. The first-order chi connectivity index (χ1) is 8.27. The number of hydrogen-bond acceptors (Lipinski definition) is 4. The smallest absolute Gasteiger partial charge is 0.0419 e. The van der Waals surface area contributed by atoms with E-state index in [0.29, 0.717) is 0 Å². The number of thioether (sulfide) groups is 1. The van der Waals surface area contributed by atoms with Crippen LogP contribution in [0, 0.1) is 0 Å². The van der Waals surface area contributed by atoms with Gasteiger partial charge in [-0.15, -0.1) is 11.3 Å². The Morgan fingerprint density at radius 1 is 1.53 bits per heavy atom. The second-order valence-electron chi connectivity index (χ2n) is 4.84. The van der Waals surface area contributed by atoms with Crippen LogP contribution in [0.4, 0.5) is 0 Å². The van der Waals surface area contributed by atoms with Crippen LogP contribution in [0.15, 0.2) is 17.5 Å². The molecule has 0 saturated carbocycles. The highest BCUT2D eigenvalue weighted by Crippen LogP contribution is 2.30. The summed E-state index contributed by atoms with van der Waals surface area (Å²) >= 11 is 3.91. The number of nitrogens with two attached hydrogens (primary N) is 1. The predicted molar refractivity (Wildman–Crippen MR) is 79.0 cm³/mol. The Balaban J connectivity index is 1.90. The van der Waals surface area contributed by atoms with E-state index in [1.165, 1.54) is 29.2 Å². The van der Waals surface area contributed by atoms with Gasteiger partial charge in [-0.1, -0.05) is 6.07 Å². The summed E-state index contributed by atoms with van der Waals surface area (Å²) in [5.41, 5.74) is 6.29. The van der Waals surface area contributed by atoms with Crippen LogP contribution in [0.5, 0.6) is 0 Å². The number of rotatable bonds is 5. The molecule has 2 nitrogen and oxygen atoms in total. The average molecular weight is 270 g/mol. The predicted octanol–water partition coefficient (Wildman–Crippen LogP) is 2.45. The maximum Gasteiger partial charge on any atom is 0.0419 e. The molecule has 4 heteroatoms. The fourth-order valence-corrected chi connectivity index (χ4v) is 4.48. The van der Waals surface area contributed by atoms with Gasteiger partial charge < -0.3 is 5.73 Å². The zero-order valence-corrected chi connectivity index (χ0v) is 12.2. The van der Waals surface area contributed by atoms with Gasteiger partial charge in [-0.3, -0.25) is 4.90 Å². The van der Waals surface area contributed by atoms with E-state index >= 15 is 0 Å². The zero-order valence-electron chi connectivity index (χ0n) is 10.5. The van der Waals surface area contributed by atoms with Crippen LogP contribution in [0.2, 0.25) is 0 Å². The molecule has 1 aromatic rings. The molecule has 2 heterocycles. The molecule has 2 N–H and O–H groups in total. The van der Waals surface area contributed by atoms with Crippen LogP contribution in [-0.2, 0) is 6.42 Å². The Kier molecular flexibility index (Phi) is 4.91. The highest BCUT2D eigenvalue weighted by molar-refractivity contribution is 7.99. The molecule has 1 saturated heterocycles. The first-order valence-electron chi connectivity index (χ1n) is 6.28. The van der Waals surface area contributed by atoms with Gasteiger partial charge >= 0.3 is 0 Å². The summed E-state index contributed by atoms with van der Waals surface area (Å²) < 4.78 is 0. The summed E-state index contributed by atoms with van der Waals surface area (Å²) in [5, 5.41) is 2.16. The quantitative estimate of drug-likeness (QED) is 0.891. The minimum Gasteiger partial charge on any atom is -0.329 e. The molecule has 0 amide bonds. The van der Waals surface area contributed by atoms with E-state index in [0.717, 1.165) is 19.5 Å². The van der Waals surface area contributed by atoms with E-state index in [1.807, 2.05) is 11.3 Å². The van der Waals surface area contributed by atoms with Crippen molar-refractivity contribution >= 4 is 23.1 Å². The van der Waals surface area contributed by atoms with Crippen molar-refractivity contribution in [2.45, 2.75) is 24.8 Å². The summed E-state index contributed by atoms with van der Waals surface area (Å²) in [6.07, 6.45) is 3.73. The van der Waals surface area contributed by atoms with E-state index in [9.17, 15) is 0 Å². The van der Waals surface area contributed by atoms with Crippen molar-refractivity contribution in [3.05, 3.63) is 22.4 Å². The second kappa shape index (κ2) is 6.23. The SMILES string of the molecule is CN(CCc1cccs1)C1(CN)CCCSC1. The zero-order chi connectivity index (χ0) is 12.1. The first kappa shape index (κ1) is 13.4. The van der Waals surface area contributed by atoms with Crippen molar-refractivity contribution in [2.24, 2.45) is 5.73 Å². The highest BCUT2D eigenvalue weighted by atomic mass is 32.2. The molecule has 0 aromatic carbocycles. The standard InChI is InChI=1S/C13H22N2S2/c1-15(7-5-12-4-2-9-17-12)13(10-14)6-3-8-16-11-13/h2,4,9H,3,5-8,10-11,14H2,1H3. The van der Waals surface area contributed by atoms with Crippen LogP contribution in [-0.4, -0.2) is 42.1 Å².